The summed E-state index contributed by atoms with van der Waals surface area (Å²) >= 11 is 1.75. The molecule has 2 aromatic heterocycles. The normalized spacial score (nSPS) is 21.3. The first-order valence-electron chi connectivity index (χ1n) is 6.68. The van der Waals surface area contributed by atoms with Crippen molar-refractivity contribution in [2.24, 2.45) is 5.41 Å². The van der Waals surface area contributed by atoms with Crippen molar-refractivity contribution in [3.05, 3.63) is 16.8 Å². The molecule has 0 saturated carbocycles. The summed E-state index contributed by atoms with van der Waals surface area (Å²) in [5, 5.41) is 15.2. The highest BCUT2D eigenvalue weighted by Gasteiger charge is 2.34. The number of fused-ring (bicyclic) bond motifs is 1. The largest absolute Gasteiger partial charge is 0.309 e. The summed E-state index contributed by atoms with van der Waals surface area (Å²) in [6.07, 6.45) is 3.94. The Morgan fingerprint density at radius 1 is 1.53 bits per heavy atom. The molecule has 0 spiro atoms. The SMILES string of the molecule is CCNC1CC(C)(C)Cc2nc(-c3cn[nH]n3)sc21. The minimum Gasteiger partial charge on any atom is -0.309 e. The minimum atomic E-state index is 0.301. The van der Waals surface area contributed by atoms with Crippen LogP contribution in [0.15, 0.2) is 6.20 Å². The number of H-pyrrole nitrogens is 1. The fraction of sp³-hybridized carbons (Fsp3) is 0.615. The van der Waals surface area contributed by atoms with Gasteiger partial charge in [-0.15, -0.1) is 11.3 Å². The number of hydrogen-bond donors (Lipinski definition) is 2. The maximum Gasteiger partial charge on any atom is 0.145 e. The number of rotatable bonds is 3. The van der Waals surface area contributed by atoms with Gasteiger partial charge in [-0.3, -0.25) is 0 Å². The molecule has 1 atom stereocenters. The van der Waals surface area contributed by atoms with Gasteiger partial charge in [0.05, 0.1) is 11.9 Å². The predicted molar refractivity (Wildman–Crippen MR) is 76.0 cm³/mol. The number of hydrogen-bond acceptors (Lipinski definition) is 5. The molecule has 2 heterocycles. The predicted octanol–water partition coefficient (Wildman–Crippen LogP) is 2.55. The van der Waals surface area contributed by atoms with Crippen LogP contribution in [0.4, 0.5) is 0 Å². The Morgan fingerprint density at radius 3 is 3.05 bits per heavy atom. The molecule has 2 aromatic rings. The van der Waals surface area contributed by atoms with E-state index in [9.17, 15) is 0 Å². The second kappa shape index (κ2) is 4.68. The Hall–Kier alpha value is -1.27. The number of aromatic amines is 1. The maximum atomic E-state index is 4.78. The van der Waals surface area contributed by atoms with Crippen molar-refractivity contribution < 1.29 is 0 Å². The van der Waals surface area contributed by atoms with Gasteiger partial charge in [0.1, 0.15) is 10.7 Å². The lowest BCUT2D eigenvalue weighted by molar-refractivity contribution is 0.260. The number of nitrogens with one attached hydrogen (secondary N) is 2. The second-order valence-corrected chi connectivity index (χ2v) is 6.87. The Kier molecular flexibility index (Phi) is 3.14. The number of thiazole rings is 1. The van der Waals surface area contributed by atoms with Crippen molar-refractivity contribution in [1.82, 2.24) is 25.7 Å². The van der Waals surface area contributed by atoms with Gasteiger partial charge in [-0.2, -0.15) is 15.4 Å². The summed E-state index contributed by atoms with van der Waals surface area (Å²) in [6, 6.07) is 0.418. The molecule has 0 aliphatic heterocycles. The van der Waals surface area contributed by atoms with Gasteiger partial charge >= 0.3 is 0 Å². The van der Waals surface area contributed by atoms with Crippen LogP contribution in [0, 0.1) is 5.41 Å². The molecule has 0 bridgehead atoms. The molecule has 2 N–H and O–H groups in total. The Morgan fingerprint density at radius 2 is 2.37 bits per heavy atom. The summed E-state index contributed by atoms with van der Waals surface area (Å²) < 4.78 is 0. The smallest absolute Gasteiger partial charge is 0.145 e. The summed E-state index contributed by atoms with van der Waals surface area (Å²) in [7, 11) is 0. The number of aromatic nitrogens is 4. The van der Waals surface area contributed by atoms with Crippen LogP contribution >= 0.6 is 11.3 Å². The molecule has 102 valence electrons. The van der Waals surface area contributed by atoms with Crippen molar-refractivity contribution in [3.63, 3.8) is 0 Å². The summed E-state index contributed by atoms with van der Waals surface area (Å²) in [6.45, 7) is 7.77. The van der Waals surface area contributed by atoms with Gasteiger partial charge in [-0.1, -0.05) is 20.8 Å². The first kappa shape index (κ1) is 12.7. The monoisotopic (exact) mass is 277 g/mol. The lowest BCUT2D eigenvalue weighted by Gasteiger charge is -2.34. The third kappa shape index (κ3) is 2.42. The van der Waals surface area contributed by atoms with E-state index in [-0.39, 0.29) is 0 Å². The van der Waals surface area contributed by atoms with Crippen molar-refractivity contribution in [2.45, 2.75) is 39.7 Å². The third-order valence-electron chi connectivity index (χ3n) is 3.53. The topological polar surface area (TPSA) is 66.5 Å². The van der Waals surface area contributed by atoms with Crippen LogP contribution in [0.3, 0.4) is 0 Å². The first-order valence-corrected chi connectivity index (χ1v) is 7.50. The van der Waals surface area contributed by atoms with Gasteiger partial charge in [0, 0.05) is 10.9 Å². The molecule has 0 saturated heterocycles. The van der Waals surface area contributed by atoms with Crippen LogP contribution in [-0.4, -0.2) is 26.9 Å². The molecule has 3 rings (SSSR count). The van der Waals surface area contributed by atoms with E-state index >= 15 is 0 Å². The highest BCUT2D eigenvalue weighted by Crippen LogP contribution is 2.44. The first-order chi connectivity index (χ1) is 9.09. The molecule has 0 amide bonds. The quantitative estimate of drug-likeness (QED) is 0.905. The van der Waals surface area contributed by atoms with Crippen molar-refractivity contribution in [2.75, 3.05) is 6.54 Å². The fourth-order valence-electron chi connectivity index (χ4n) is 2.76. The fourth-order valence-corrected chi connectivity index (χ4v) is 3.87. The zero-order chi connectivity index (χ0) is 13.5. The lowest BCUT2D eigenvalue weighted by atomic mass is 9.76. The highest BCUT2D eigenvalue weighted by atomic mass is 32.1. The van der Waals surface area contributed by atoms with E-state index < -0.39 is 0 Å². The van der Waals surface area contributed by atoms with Crippen LogP contribution in [0.25, 0.3) is 10.7 Å². The van der Waals surface area contributed by atoms with Gasteiger partial charge in [0.15, 0.2) is 0 Å². The molecule has 1 unspecified atom stereocenters. The van der Waals surface area contributed by atoms with E-state index in [1.54, 1.807) is 17.5 Å². The summed E-state index contributed by atoms with van der Waals surface area (Å²) in [5.74, 6) is 0. The average molecular weight is 277 g/mol. The van der Waals surface area contributed by atoms with Gasteiger partial charge in [0.25, 0.3) is 0 Å². The van der Waals surface area contributed by atoms with E-state index in [0.29, 0.717) is 11.5 Å². The second-order valence-electron chi connectivity index (χ2n) is 5.84. The highest BCUT2D eigenvalue weighted by molar-refractivity contribution is 7.15. The van der Waals surface area contributed by atoms with Gasteiger partial charge in [-0.25, -0.2) is 4.98 Å². The lowest BCUT2D eigenvalue weighted by Crippen LogP contribution is -2.32. The molecule has 6 heteroatoms. The summed E-state index contributed by atoms with van der Waals surface area (Å²) in [4.78, 5) is 6.15. The van der Waals surface area contributed by atoms with Gasteiger partial charge in [-0.05, 0) is 24.8 Å². The van der Waals surface area contributed by atoms with Crippen LogP contribution in [0.2, 0.25) is 0 Å². The molecule has 0 aromatic carbocycles. The van der Waals surface area contributed by atoms with Crippen LogP contribution in [-0.2, 0) is 6.42 Å². The Balaban J connectivity index is 2.00. The molecule has 0 fully saturated rings. The zero-order valence-electron chi connectivity index (χ0n) is 11.5. The number of nitrogens with zero attached hydrogens (tertiary/aromatic N) is 3. The van der Waals surface area contributed by atoms with Crippen molar-refractivity contribution in [3.8, 4) is 10.7 Å². The molecule has 1 aliphatic rings. The minimum absolute atomic E-state index is 0.301. The van der Waals surface area contributed by atoms with Crippen LogP contribution in [0.1, 0.15) is 43.8 Å². The average Bonchev–Trinajstić information content (AvgIpc) is 2.94. The van der Waals surface area contributed by atoms with Crippen molar-refractivity contribution >= 4 is 11.3 Å². The zero-order valence-corrected chi connectivity index (χ0v) is 12.3. The third-order valence-corrected chi connectivity index (χ3v) is 4.77. The van der Waals surface area contributed by atoms with E-state index in [0.717, 1.165) is 30.1 Å². The molecule has 19 heavy (non-hydrogen) atoms. The van der Waals surface area contributed by atoms with Crippen molar-refractivity contribution in [1.29, 1.82) is 0 Å². The van der Waals surface area contributed by atoms with Gasteiger partial charge < -0.3 is 5.32 Å². The van der Waals surface area contributed by atoms with Gasteiger partial charge in [0.2, 0.25) is 0 Å². The molecule has 0 radical (unpaired) electrons. The van der Waals surface area contributed by atoms with Crippen LogP contribution < -0.4 is 5.32 Å². The maximum absolute atomic E-state index is 4.78. The Bertz CT molecular complexity index is 558. The molecule has 5 nitrogen and oxygen atoms in total. The van der Waals surface area contributed by atoms with Crippen LogP contribution in [0.5, 0.6) is 0 Å². The van der Waals surface area contributed by atoms with E-state index in [2.05, 4.69) is 41.5 Å². The standard InChI is InChI=1S/C13H19N5S/c1-4-14-8-5-13(2,3)6-9-11(8)19-12(16-9)10-7-15-18-17-10/h7-8,14H,4-6H2,1-3H3,(H,15,17,18). The van der Waals surface area contributed by atoms with E-state index in [1.165, 1.54) is 10.6 Å². The molecular formula is C13H19N5S. The molecule has 1 aliphatic carbocycles. The van der Waals surface area contributed by atoms with E-state index in [1.807, 2.05) is 0 Å². The summed E-state index contributed by atoms with van der Waals surface area (Å²) in [5.41, 5.74) is 2.37. The Labute approximate surface area is 116 Å². The molecular weight excluding hydrogens is 258 g/mol. The van der Waals surface area contributed by atoms with E-state index in [4.69, 9.17) is 4.98 Å².